The molecule has 20 heavy (non-hydrogen) atoms. The Balaban J connectivity index is 4.98. The standard InChI is InChI=1S/C12H20N4O4/c1-3-15(4-2)9(17)5-6-10(18)16(11(19)7-13)12(20)8-14/h5-6H,3-4,7-8,13-14H2,1-2H3. The van der Waals surface area contributed by atoms with Crippen molar-refractivity contribution in [2.45, 2.75) is 13.8 Å². The first-order chi connectivity index (χ1) is 9.42. The molecule has 0 aliphatic carbocycles. The highest BCUT2D eigenvalue weighted by Crippen LogP contribution is 1.96. The van der Waals surface area contributed by atoms with Crippen LogP contribution in [0.5, 0.6) is 0 Å². The van der Waals surface area contributed by atoms with Crippen LogP contribution in [0.15, 0.2) is 12.2 Å². The molecule has 0 radical (unpaired) electrons. The number of nitrogens with zero attached hydrogens (tertiary/aromatic N) is 2. The van der Waals surface area contributed by atoms with Crippen LogP contribution in [0.2, 0.25) is 0 Å². The van der Waals surface area contributed by atoms with Crippen molar-refractivity contribution in [3.8, 4) is 0 Å². The Morgan fingerprint density at radius 1 is 0.850 bits per heavy atom. The van der Waals surface area contributed by atoms with Gasteiger partial charge in [-0.15, -0.1) is 0 Å². The van der Waals surface area contributed by atoms with Crippen LogP contribution in [0.3, 0.4) is 0 Å². The number of likely N-dealkylation sites (N-methyl/N-ethyl adjacent to an activating group) is 1. The summed E-state index contributed by atoms with van der Waals surface area (Å²) in [5.74, 6) is -3.06. The minimum Gasteiger partial charge on any atom is -0.340 e. The molecule has 0 aliphatic heterocycles. The van der Waals surface area contributed by atoms with E-state index in [0.717, 1.165) is 12.2 Å². The van der Waals surface area contributed by atoms with E-state index in [1.165, 1.54) is 4.90 Å². The lowest BCUT2D eigenvalue weighted by Crippen LogP contribution is -2.46. The molecular formula is C12H20N4O4. The van der Waals surface area contributed by atoms with Gasteiger partial charge in [0, 0.05) is 25.2 Å². The van der Waals surface area contributed by atoms with Crippen molar-refractivity contribution in [3.05, 3.63) is 12.2 Å². The molecule has 0 rings (SSSR count). The van der Waals surface area contributed by atoms with Crippen LogP contribution in [0.4, 0.5) is 0 Å². The largest absolute Gasteiger partial charge is 0.340 e. The molecule has 8 nitrogen and oxygen atoms in total. The fourth-order valence-electron chi connectivity index (χ4n) is 1.43. The normalized spacial score (nSPS) is 10.4. The second-order valence-corrected chi connectivity index (χ2v) is 3.71. The highest BCUT2D eigenvalue weighted by Gasteiger charge is 2.24. The van der Waals surface area contributed by atoms with Gasteiger partial charge in [-0.2, -0.15) is 0 Å². The molecule has 0 spiro atoms. The maximum Gasteiger partial charge on any atom is 0.260 e. The Morgan fingerprint density at radius 3 is 1.60 bits per heavy atom. The molecule has 4 N–H and O–H groups in total. The zero-order valence-electron chi connectivity index (χ0n) is 11.7. The Morgan fingerprint density at radius 2 is 1.25 bits per heavy atom. The molecule has 0 saturated carbocycles. The van der Waals surface area contributed by atoms with Crippen molar-refractivity contribution in [2.24, 2.45) is 11.5 Å². The van der Waals surface area contributed by atoms with Gasteiger partial charge in [0.1, 0.15) is 0 Å². The molecule has 4 amide bonds. The highest BCUT2D eigenvalue weighted by atomic mass is 16.2. The van der Waals surface area contributed by atoms with Crippen LogP contribution in [0, 0.1) is 0 Å². The van der Waals surface area contributed by atoms with Gasteiger partial charge in [-0.1, -0.05) is 0 Å². The topological polar surface area (TPSA) is 127 Å². The number of carbonyl (C=O) groups excluding carboxylic acids is 4. The van der Waals surface area contributed by atoms with Gasteiger partial charge in [-0.3, -0.25) is 19.2 Å². The SMILES string of the molecule is CCN(CC)C(=O)C=CC(=O)N(C(=O)CN)C(=O)CN. The summed E-state index contributed by atoms with van der Waals surface area (Å²) in [4.78, 5) is 48.1. The van der Waals surface area contributed by atoms with E-state index in [1.54, 1.807) is 13.8 Å². The average Bonchev–Trinajstić information content (AvgIpc) is 2.45. The summed E-state index contributed by atoms with van der Waals surface area (Å²) in [5, 5.41) is 0. The van der Waals surface area contributed by atoms with Crippen LogP contribution in [-0.2, 0) is 19.2 Å². The molecule has 0 unspecified atom stereocenters. The van der Waals surface area contributed by atoms with E-state index in [1.807, 2.05) is 0 Å². The van der Waals surface area contributed by atoms with Crippen LogP contribution in [0.25, 0.3) is 0 Å². The number of hydrogen-bond donors (Lipinski definition) is 2. The Hall–Kier alpha value is -2.06. The molecule has 0 aromatic heterocycles. The minimum absolute atomic E-state index is 0.339. The first-order valence-corrected chi connectivity index (χ1v) is 6.19. The van der Waals surface area contributed by atoms with E-state index < -0.39 is 30.8 Å². The van der Waals surface area contributed by atoms with E-state index in [0.29, 0.717) is 18.0 Å². The molecule has 112 valence electrons. The van der Waals surface area contributed by atoms with Crippen molar-refractivity contribution in [2.75, 3.05) is 26.2 Å². The van der Waals surface area contributed by atoms with Crippen LogP contribution >= 0.6 is 0 Å². The van der Waals surface area contributed by atoms with E-state index >= 15 is 0 Å². The van der Waals surface area contributed by atoms with E-state index in [9.17, 15) is 19.2 Å². The van der Waals surface area contributed by atoms with Crippen molar-refractivity contribution < 1.29 is 19.2 Å². The van der Waals surface area contributed by atoms with E-state index in [4.69, 9.17) is 11.5 Å². The third kappa shape index (κ3) is 4.90. The van der Waals surface area contributed by atoms with Gasteiger partial charge in [0.05, 0.1) is 13.1 Å². The predicted molar refractivity (Wildman–Crippen MR) is 72.0 cm³/mol. The molecule has 8 heteroatoms. The summed E-state index contributed by atoms with van der Waals surface area (Å²) in [6.45, 7) is 3.55. The van der Waals surface area contributed by atoms with Crippen molar-refractivity contribution in [1.29, 1.82) is 0 Å². The number of rotatable bonds is 6. The third-order valence-corrected chi connectivity index (χ3v) is 2.51. The van der Waals surface area contributed by atoms with Gasteiger partial charge in [0.25, 0.3) is 5.91 Å². The van der Waals surface area contributed by atoms with Crippen LogP contribution < -0.4 is 11.5 Å². The molecule has 0 saturated heterocycles. The van der Waals surface area contributed by atoms with Crippen LogP contribution in [0.1, 0.15) is 13.8 Å². The lowest BCUT2D eigenvalue weighted by atomic mass is 10.3. The zero-order chi connectivity index (χ0) is 15.7. The van der Waals surface area contributed by atoms with Gasteiger partial charge in [-0.05, 0) is 13.8 Å². The number of nitrogens with two attached hydrogens (primary N) is 2. The number of imide groups is 3. The van der Waals surface area contributed by atoms with Crippen molar-refractivity contribution in [1.82, 2.24) is 9.80 Å². The smallest absolute Gasteiger partial charge is 0.260 e. The first kappa shape index (κ1) is 17.9. The fraction of sp³-hybridized carbons (Fsp3) is 0.500. The number of carbonyl (C=O) groups is 4. The lowest BCUT2D eigenvalue weighted by Gasteiger charge is -2.17. The Bertz CT molecular complexity index is 400. The highest BCUT2D eigenvalue weighted by molar-refractivity contribution is 6.15. The Kier molecular flexibility index (Phi) is 8.02. The fourth-order valence-corrected chi connectivity index (χ4v) is 1.43. The number of amides is 4. The molecular weight excluding hydrogens is 264 g/mol. The predicted octanol–water partition coefficient (Wildman–Crippen LogP) is -1.79. The van der Waals surface area contributed by atoms with Gasteiger partial charge in [0.2, 0.25) is 17.7 Å². The summed E-state index contributed by atoms with van der Waals surface area (Å²) < 4.78 is 0. The quantitative estimate of drug-likeness (QED) is 0.555. The second-order valence-electron chi connectivity index (χ2n) is 3.71. The van der Waals surface area contributed by atoms with Gasteiger partial charge in [0.15, 0.2) is 0 Å². The van der Waals surface area contributed by atoms with Gasteiger partial charge in [-0.25, -0.2) is 4.90 Å². The minimum atomic E-state index is -0.934. The molecule has 0 fully saturated rings. The van der Waals surface area contributed by atoms with E-state index in [-0.39, 0.29) is 5.91 Å². The summed E-state index contributed by atoms with van der Waals surface area (Å²) in [5.41, 5.74) is 10.2. The first-order valence-electron chi connectivity index (χ1n) is 6.19. The van der Waals surface area contributed by atoms with E-state index in [2.05, 4.69) is 0 Å². The molecule has 0 bridgehead atoms. The second kappa shape index (κ2) is 8.94. The van der Waals surface area contributed by atoms with Crippen molar-refractivity contribution >= 4 is 23.6 Å². The molecule has 0 aromatic rings. The number of hydrogen-bond acceptors (Lipinski definition) is 6. The Labute approximate surface area is 117 Å². The zero-order valence-corrected chi connectivity index (χ0v) is 11.7. The van der Waals surface area contributed by atoms with Crippen LogP contribution in [-0.4, -0.2) is 59.6 Å². The van der Waals surface area contributed by atoms with Gasteiger partial charge >= 0.3 is 0 Å². The average molecular weight is 284 g/mol. The maximum absolute atomic E-state index is 11.8. The molecule has 0 aliphatic rings. The molecule has 0 atom stereocenters. The maximum atomic E-state index is 11.8. The lowest BCUT2D eigenvalue weighted by molar-refractivity contribution is -0.150. The summed E-state index contributed by atoms with van der Waals surface area (Å²) >= 11 is 0. The summed E-state index contributed by atoms with van der Waals surface area (Å²) in [6, 6.07) is 0. The van der Waals surface area contributed by atoms with Crippen molar-refractivity contribution in [3.63, 3.8) is 0 Å². The summed E-state index contributed by atoms with van der Waals surface area (Å²) in [7, 11) is 0. The molecule has 0 heterocycles. The molecule has 0 aromatic carbocycles. The van der Waals surface area contributed by atoms with Gasteiger partial charge < -0.3 is 16.4 Å². The third-order valence-electron chi connectivity index (χ3n) is 2.51. The summed E-state index contributed by atoms with van der Waals surface area (Å²) in [6.07, 6.45) is 1.87. The monoisotopic (exact) mass is 284 g/mol.